The minimum absolute atomic E-state index is 0.156. The molecule has 0 aliphatic carbocycles. The molecule has 2 aromatic rings. The van der Waals surface area contributed by atoms with Gasteiger partial charge in [-0.05, 0) is 55.0 Å². The Kier molecular flexibility index (Phi) is 5.54. The number of aliphatic hydroxyl groups excluding tert-OH is 3. The molecule has 0 aromatic heterocycles. The Morgan fingerprint density at radius 1 is 1.15 bits per heavy atom. The molecule has 1 heterocycles. The summed E-state index contributed by atoms with van der Waals surface area (Å²) < 4.78 is 10.8. The Morgan fingerprint density at radius 3 is 2.48 bits per heavy atom. The molecular weight excluding hydrogens is 350 g/mol. The summed E-state index contributed by atoms with van der Waals surface area (Å²) in [5.74, 6) is 0.174. The van der Waals surface area contributed by atoms with Crippen LogP contribution in [0.3, 0.4) is 0 Å². The Morgan fingerprint density at radius 2 is 1.85 bits per heavy atom. The van der Waals surface area contributed by atoms with Gasteiger partial charge in [0.05, 0.1) is 18.2 Å². The zero-order chi connectivity index (χ0) is 19.6. The van der Waals surface area contributed by atoms with Crippen LogP contribution in [0.2, 0.25) is 0 Å². The number of ketones is 1. The summed E-state index contributed by atoms with van der Waals surface area (Å²) >= 11 is 0. The van der Waals surface area contributed by atoms with E-state index in [1.165, 1.54) is 0 Å². The zero-order valence-corrected chi connectivity index (χ0v) is 14.6. The van der Waals surface area contributed by atoms with Crippen LogP contribution < -0.4 is 4.74 Å². The average molecular weight is 369 g/mol. The highest BCUT2D eigenvalue weighted by Crippen LogP contribution is 2.24. The second-order valence-electron chi connectivity index (χ2n) is 6.36. The van der Waals surface area contributed by atoms with Gasteiger partial charge >= 0.3 is 0 Å². The zero-order valence-electron chi connectivity index (χ0n) is 14.6. The van der Waals surface area contributed by atoms with E-state index in [1.54, 1.807) is 49.4 Å². The first-order valence-electron chi connectivity index (χ1n) is 8.38. The summed E-state index contributed by atoms with van der Waals surface area (Å²) in [5, 5.41) is 37.9. The lowest BCUT2D eigenvalue weighted by Gasteiger charge is -2.35. The predicted octanol–water partition coefficient (Wildman–Crippen LogP) is 0.916. The predicted molar refractivity (Wildman–Crippen MR) is 94.2 cm³/mol. The van der Waals surface area contributed by atoms with E-state index < -0.39 is 24.6 Å². The molecule has 1 aliphatic heterocycles. The number of hydrogen-bond acceptors (Lipinski definition) is 7. The molecule has 0 amide bonds. The second-order valence-corrected chi connectivity index (χ2v) is 6.36. The van der Waals surface area contributed by atoms with E-state index in [0.717, 1.165) is 0 Å². The van der Waals surface area contributed by atoms with Crippen molar-refractivity contribution in [3.8, 4) is 11.8 Å². The monoisotopic (exact) mass is 369 g/mol. The lowest BCUT2D eigenvalue weighted by atomic mass is 9.98. The third-order valence-corrected chi connectivity index (χ3v) is 4.43. The third kappa shape index (κ3) is 3.99. The van der Waals surface area contributed by atoms with Crippen molar-refractivity contribution in [2.75, 3.05) is 6.61 Å². The van der Waals surface area contributed by atoms with E-state index >= 15 is 0 Å². The van der Waals surface area contributed by atoms with Gasteiger partial charge in [0.25, 0.3) is 0 Å². The molecular formula is C20H19NO6. The van der Waals surface area contributed by atoms with Crippen LogP contribution in [0.5, 0.6) is 5.75 Å². The maximum Gasteiger partial charge on any atom is 0.228 e. The van der Waals surface area contributed by atoms with Crippen LogP contribution in [0.15, 0.2) is 42.5 Å². The maximum absolute atomic E-state index is 12.6. The normalized spacial score (nSPS) is 24.9. The van der Waals surface area contributed by atoms with Gasteiger partial charge in [0, 0.05) is 11.1 Å². The Balaban J connectivity index is 1.75. The summed E-state index contributed by atoms with van der Waals surface area (Å²) in [4.78, 5) is 12.6. The number of carbonyl (C=O) groups excluding carboxylic acids is 1. The van der Waals surface area contributed by atoms with E-state index in [0.29, 0.717) is 28.0 Å². The molecule has 3 N–H and O–H groups in total. The molecule has 2 aromatic carbocycles. The fraction of sp³-hybridized carbons (Fsp3) is 0.300. The van der Waals surface area contributed by atoms with Crippen molar-refractivity contribution in [2.24, 2.45) is 0 Å². The summed E-state index contributed by atoms with van der Waals surface area (Å²) in [6.45, 7) is 1.59. The maximum atomic E-state index is 12.6. The van der Waals surface area contributed by atoms with Crippen molar-refractivity contribution in [3.05, 3.63) is 64.7 Å². The van der Waals surface area contributed by atoms with E-state index in [4.69, 9.17) is 14.7 Å². The molecule has 1 saturated heterocycles. The lowest BCUT2D eigenvalue weighted by molar-refractivity contribution is -0.242. The first-order valence-corrected chi connectivity index (χ1v) is 8.38. The average Bonchev–Trinajstić information content (AvgIpc) is 2.68. The fourth-order valence-corrected chi connectivity index (χ4v) is 2.83. The molecule has 0 unspecified atom stereocenters. The minimum atomic E-state index is -1.39. The highest BCUT2D eigenvalue weighted by molar-refractivity contribution is 6.10. The topological polar surface area (TPSA) is 120 Å². The van der Waals surface area contributed by atoms with E-state index in [1.807, 2.05) is 6.07 Å². The Bertz CT molecular complexity index is 873. The molecule has 3 rings (SSSR count). The number of nitrogens with zero attached hydrogens (tertiary/aromatic N) is 1. The smallest absolute Gasteiger partial charge is 0.228 e. The number of carbonyl (C=O) groups is 1. The number of rotatable bonds is 4. The quantitative estimate of drug-likeness (QED) is 0.685. The second kappa shape index (κ2) is 7.86. The van der Waals surface area contributed by atoms with Crippen LogP contribution in [0.1, 0.15) is 27.0 Å². The highest BCUT2D eigenvalue weighted by atomic mass is 16.7. The first-order chi connectivity index (χ1) is 12.9. The molecule has 1 aliphatic rings. The van der Waals surface area contributed by atoms with Gasteiger partial charge in [0.15, 0.2) is 5.78 Å². The number of ether oxygens (including phenoxy) is 2. The summed E-state index contributed by atoms with van der Waals surface area (Å²) in [7, 11) is 0. The van der Waals surface area contributed by atoms with Crippen LogP contribution in [0.25, 0.3) is 0 Å². The van der Waals surface area contributed by atoms with E-state index in [2.05, 4.69) is 0 Å². The highest BCUT2D eigenvalue weighted by Gasteiger charge is 2.39. The Hall–Kier alpha value is -2.76. The van der Waals surface area contributed by atoms with Crippen LogP contribution >= 0.6 is 0 Å². The first kappa shape index (κ1) is 19.0. The van der Waals surface area contributed by atoms with Crippen molar-refractivity contribution in [1.29, 1.82) is 5.26 Å². The van der Waals surface area contributed by atoms with Gasteiger partial charge < -0.3 is 24.8 Å². The summed E-state index contributed by atoms with van der Waals surface area (Å²) in [6, 6.07) is 13.2. The van der Waals surface area contributed by atoms with E-state index in [-0.39, 0.29) is 12.4 Å². The van der Waals surface area contributed by atoms with Gasteiger partial charge in [0.1, 0.15) is 24.1 Å². The fourth-order valence-electron chi connectivity index (χ4n) is 2.83. The van der Waals surface area contributed by atoms with E-state index in [9.17, 15) is 20.1 Å². The van der Waals surface area contributed by atoms with Gasteiger partial charge in [-0.2, -0.15) is 5.26 Å². The van der Waals surface area contributed by atoms with Crippen molar-refractivity contribution < 1.29 is 29.6 Å². The molecule has 0 bridgehead atoms. The molecule has 140 valence electrons. The number of aryl methyl sites for hydroxylation is 1. The summed E-state index contributed by atoms with van der Waals surface area (Å²) in [6.07, 6.45) is -5.05. The third-order valence-electron chi connectivity index (χ3n) is 4.43. The van der Waals surface area contributed by atoms with Crippen LogP contribution in [0, 0.1) is 18.3 Å². The molecule has 0 saturated carbocycles. The van der Waals surface area contributed by atoms with Crippen molar-refractivity contribution in [3.63, 3.8) is 0 Å². The van der Waals surface area contributed by atoms with Gasteiger partial charge in [0.2, 0.25) is 6.29 Å². The van der Waals surface area contributed by atoms with Crippen LogP contribution in [-0.2, 0) is 4.74 Å². The molecule has 7 nitrogen and oxygen atoms in total. The standard InChI is InChI=1S/C20H19NO6/c1-11-8-14(27-20-19(25)18(24)16(22)10-26-20)6-7-15(11)17(23)13-4-2-12(9-21)3-5-13/h2-8,16,18-20,22,24-25H,10H2,1H3/t16-,18-,19+,20-/m0/s1. The van der Waals surface area contributed by atoms with Gasteiger partial charge in [-0.3, -0.25) is 4.79 Å². The number of aliphatic hydroxyl groups is 3. The van der Waals surface area contributed by atoms with Crippen LogP contribution in [0.4, 0.5) is 0 Å². The molecule has 27 heavy (non-hydrogen) atoms. The van der Waals surface area contributed by atoms with Gasteiger partial charge in [-0.15, -0.1) is 0 Å². The number of nitriles is 1. The van der Waals surface area contributed by atoms with Crippen LogP contribution in [-0.4, -0.2) is 52.3 Å². The molecule has 0 spiro atoms. The molecule has 4 atom stereocenters. The van der Waals surface area contributed by atoms with Gasteiger partial charge in [-0.25, -0.2) is 0 Å². The molecule has 7 heteroatoms. The van der Waals surface area contributed by atoms with Crippen molar-refractivity contribution >= 4 is 5.78 Å². The van der Waals surface area contributed by atoms with Crippen molar-refractivity contribution in [1.82, 2.24) is 0 Å². The SMILES string of the molecule is Cc1cc(O[C@@H]2OC[C@H](O)[C@H](O)[C@H]2O)ccc1C(=O)c1ccc(C#N)cc1. The Labute approximate surface area is 156 Å². The number of benzene rings is 2. The largest absolute Gasteiger partial charge is 0.462 e. The minimum Gasteiger partial charge on any atom is -0.462 e. The van der Waals surface area contributed by atoms with Gasteiger partial charge in [-0.1, -0.05) is 0 Å². The lowest BCUT2D eigenvalue weighted by Crippen LogP contribution is -2.54. The van der Waals surface area contributed by atoms with Crippen molar-refractivity contribution in [2.45, 2.75) is 31.5 Å². The molecule has 1 fully saturated rings. The number of hydrogen-bond donors (Lipinski definition) is 3. The summed E-state index contributed by atoms with van der Waals surface area (Å²) in [5.41, 5.74) is 2.08. The molecule has 0 radical (unpaired) electrons.